The summed E-state index contributed by atoms with van der Waals surface area (Å²) in [6, 6.07) is 9.86. The fraction of sp³-hybridized carbons (Fsp3) is 0.312. The first-order valence-electron chi connectivity index (χ1n) is 7.40. The molecule has 2 N–H and O–H groups in total. The fourth-order valence-corrected chi connectivity index (χ4v) is 2.39. The van der Waals surface area contributed by atoms with Gasteiger partial charge in [-0.2, -0.15) is 5.10 Å². The van der Waals surface area contributed by atoms with Crippen LogP contribution >= 0.6 is 0 Å². The molecule has 6 heteroatoms. The summed E-state index contributed by atoms with van der Waals surface area (Å²) in [5, 5.41) is 7.10. The number of aromatic nitrogens is 4. The van der Waals surface area contributed by atoms with Crippen molar-refractivity contribution in [2.24, 2.45) is 0 Å². The number of nitrogens with one attached hydrogen (secondary N) is 2. The fourth-order valence-electron chi connectivity index (χ4n) is 2.39. The average molecular weight is 297 g/mol. The smallest absolute Gasteiger partial charge is 0.225 e. The lowest BCUT2D eigenvalue weighted by atomic mass is 10.3. The number of aromatic amines is 1. The third kappa shape index (κ3) is 3.00. The van der Waals surface area contributed by atoms with Crippen LogP contribution in [0.25, 0.3) is 11.0 Å². The van der Waals surface area contributed by atoms with Gasteiger partial charge in [0.2, 0.25) is 5.91 Å². The van der Waals surface area contributed by atoms with E-state index in [2.05, 4.69) is 20.4 Å². The number of benzene rings is 1. The highest BCUT2D eigenvalue weighted by Crippen LogP contribution is 2.14. The Balaban J connectivity index is 1.61. The zero-order valence-electron chi connectivity index (χ0n) is 12.7. The summed E-state index contributed by atoms with van der Waals surface area (Å²) in [4.78, 5) is 19.8. The molecule has 2 aromatic heterocycles. The first kappa shape index (κ1) is 14.3. The SMILES string of the molecule is CC(C)n1nccc1NC(=O)CCc1nc2ccccc2[nH]1. The molecule has 114 valence electrons. The Morgan fingerprint density at radius 2 is 2.14 bits per heavy atom. The number of aryl methyl sites for hydroxylation is 1. The molecule has 1 aromatic carbocycles. The molecule has 0 bridgehead atoms. The van der Waals surface area contributed by atoms with Gasteiger partial charge in [-0.05, 0) is 26.0 Å². The molecular formula is C16H19N5O. The number of fused-ring (bicyclic) bond motifs is 1. The van der Waals surface area contributed by atoms with Crippen LogP contribution in [0.3, 0.4) is 0 Å². The van der Waals surface area contributed by atoms with E-state index in [0.29, 0.717) is 12.8 Å². The Kier molecular flexibility index (Phi) is 3.91. The van der Waals surface area contributed by atoms with Gasteiger partial charge in [0.05, 0.1) is 17.2 Å². The van der Waals surface area contributed by atoms with E-state index in [0.717, 1.165) is 22.7 Å². The van der Waals surface area contributed by atoms with E-state index in [1.165, 1.54) is 0 Å². The van der Waals surface area contributed by atoms with E-state index in [1.807, 2.05) is 38.1 Å². The molecule has 1 amide bonds. The number of anilines is 1. The van der Waals surface area contributed by atoms with Crippen LogP contribution in [0.15, 0.2) is 36.5 Å². The van der Waals surface area contributed by atoms with Gasteiger partial charge >= 0.3 is 0 Å². The van der Waals surface area contributed by atoms with Gasteiger partial charge in [-0.3, -0.25) is 4.79 Å². The summed E-state index contributed by atoms with van der Waals surface area (Å²) in [5.74, 6) is 1.51. The Morgan fingerprint density at radius 1 is 1.32 bits per heavy atom. The minimum absolute atomic E-state index is 0.0390. The molecule has 0 aliphatic carbocycles. The van der Waals surface area contributed by atoms with Crippen molar-refractivity contribution in [1.82, 2.24) is 19.7 Å². The van der Waals surface area contributed by atoms with Crippen molar-refractivity contribution >= 4 is 22.8 Å². The molecule has 0 saturated carbocycles. The van der Waals surface area contributed by atoms with Crippen LogP contribution in [0, 0.1) is 0 Å². The highest BCUT2D eigenvalue weighted by molar-refractivity contribution is 5.90. The molecule has 0 unspecified atom stereocenters. The Hall–Kier alpha value is -2.63. The quantitative estimate of drug-likeness (QED) is 0.760. The molecule has 0 radical (unpaired) electrons. The molecule has 0 fully saturated rings. The lowest BCUT2D eigenvalue weighted by molar-refractivity contribution is -0.116. The van der Waals surface area contributed by atoms with Crippen LogP contribution in [-0.4, -0.2) is 25.7 Å². The summed E-state index contributed by atoms with van der Waals surface area (Å²) >= 11 is 0. The molecular weight excluding hydrogens is 278 g/mol. The molecule has 0 spiro atoms. The Morgan fingerprint density at radius 3 is 2.91 bits per heavy atom. The third-order valence-electron chi connectivity index (χ3n) is 3.45. The van der Waals surface area contributed by atoms with Gasteiger partial charge in [-0.25, -0.2) is 9.67 Å². The first-order chi connectivity index (χ1) is 10.6. The van der Waals surface area contributed by atoms with Crippen molar-refractivity contribution in [2.45, 2.75) is 32.7 Å². The zero-order valence-corrected chi connectivity index (χ0v) is 12.7. The summed E-state index contributed by atoms with van der Waals surface area (Å²) in [6.45, 7) is 4.05. The number of carbonyl (C=O) groups excluding carboxylic acids is 1. The Bertz CT molecular complexity index is 754. The summed E-state index contributed by atoms with van der Waals surface area (Å²) < 4.78 is 1.79. The topological polar surface area (TPSA) is 75.6 Å². The maximum atomic E-state index is 12.1. The van der Waals surface area contributed by atoms with Crippen molar-refractivity contribution in [3.05, 3.63) is 42.4 Å². The molecule has 3 aromatic rings. The van der Waals surface area contributed by atoms with Gasteiger partial charge in [0.1, 0.15) is 11.6 Å². The highest BCUT2D eigenvalue weighted by atomic mass is 16.1. The van der Waals surface area contributed by atoms with E-state index < -0.39 is 0 Å². The van der Waals surface area contributed by atoms with Gasteiger partial charge < -0.3 is 10.3 Å². The first-order valence-corrected chi connectivity index (χ1v) is 7.40. The predicted molar refractivity (Wildman–Crippen MR) is 85.7 cm³/mol. The summed E-state index contributed by atoms with van der Waals surface area (Å²) in [6.07, 6.45) is 2.65. The van der Waals surface area contributed by atoms with Gasteiger partial charge in [0.25, 0.3) is 0 Å². The molecule has 22 heavy (non-hydrogen) atoms. The third-order valence-corrected chi connectivity index (χ3v) is 3.45. The van der Waals surface area contributed by atoms with Crippen molar-refractivity contribution in [3.8, 4) is 0 Å². The monoisotopic (exact) mass is 297 g/mol. The molecule has 0 saturated heterocycles. The van der Waals surface area contributed by atoms with Crippen LogP contribution in [0.1, 0.15) is 32.1 Å². The lowest BCUT2D eigenvalue weighted by Gasteiger charge is -2.11. The number of para-hydroxylation sites is 2. The molecule has 2 heterocycles. The van der Waals surface area contributed by atoms with E-state index in [-0.39, 0.29) is 11.9 Å². The molecule has 6 nitrogen and oxygen atoms in total. The molecule has 3 rings (SSSR count). The molecule has 0 aliphatic rings. The van der Waals surface area contributed by atoms with E-state index in [1.54, 1.807) is 16.9 Å². The van der Waals surface area contributed by atoms with E-state index >= 15 is 0 Å². The minimum Gasteiger partial charge on any atom is -0.342 e. The molecule has 0 aliphatic heterocycles. The van der Waals surface area contributed by atoms with Crippen LogP contribution in [-0.2, 0) is 11.2 Å². The summed E-state index contributed by atoms with van der Waals surface area (Å²) in [7, 11) is 0. The maximum Gasteiger partial charge on any atom is 0.225 e. The van der Waals surface area contributed by atoms with Gasteiger partial charge in [-0.15, -0.1) is 0 Å². The van der Waals surface area contributed by atoms with Gasteiger partial charge in [0.15, 0.2) is 0 Å². The number of imidazole rings is 1. The number of rotatable bonds is 5. The number of hydrogen-bond donors (Lipinski definition) is 2. The van der Waals surface area contributed by atoms with E-state index in [4.69, 9.17) is 0 Å². The molecule has 0 atom stereocenters. The van der Waals surface area contributed by atoms with Gasteiger partial charge in [-0.1, -0.05) is 12.1 Å². The largest absolute Gasteiger partial charge is 0.342 e. The standard InChI is InChI=1S/C16H19N5O/c1-11(2)21-15(9-10-17-21)20-16(22)8-7-14-18-12-5-3-4-6-13(12)19-14/h3-6,9-11H,7-8H2,1-2H3,(H,18,19)(H,20,22). The number of hydrogen-bond acceptors (Lipinski definition) is 3. The number of H-pyrrole nitrogens is 1. The highest BCUT2D eigenvalue weighted by Gasteiger charge is 2.10. The second kappa shape index (κ2) is 6.01. The number of amides is 1. The van der Waals surface area contributed by atoms with Crippen molar-refractivity contribution in [1.29, 1.82) is 0 Å². The van der Waals surface area contributed by atoms with Crippen molar-refractivity contribution < 1.29 is 4.79 Å². The number of nitrogens with zero attached hydrogens (tertiary/aromatic N) is 3. The average Bonchev–Trinajstić information content (AvgIpc) is 3.10. The second-order valence-electron chi connectivity index (χ2n) is 5.50. The van der Waals surface area contributed by atoms with Crippen LogP contribution in [0.2, 0.25) is 0 Å². The second-order valence-corrected chi connectivity index (χ2v) is 5.50. The minimum atomic E-state index is -0.0390. The lowest BCUT2D eigenvalue weighted by Crippen LogP contribution is -2.17. The zero-order chi connectivity index (χ0) is 15.5. The van der Waals surface area contributed by atoms with Crippen molar-refractivity contribution in [2.75, 3.05) is 5.32 Å². The van der Waals surface area contributed by atoms with E-state index in [9.17, 15) is 4.79 Å². The maximum absolute atomic E-state index is 12.1. The van der Waals surface area contributed by atoms with Crippen LogP contribution < -0.4 is 5.32 Å². The van der Waals surface area contributed by atoms with Crippen LogP contribution in [0.4, 0.5) is 5.82 Å². The van der Waals surface area contributed by atoms with Crippen molar-refractivity contribution in [3.63, 3.8) is 0 Å². The van der Waals surface area contributed by atoms with Crippen LogP contribution in [0.5, 0.6) is 0 Å². The Labute approximate surface area is 128 Å². The normalized spacial score (nSPS) is 11.2. The predicted octanol–water partition coefficient (Wildman–Crippen LogP) is 2.91. The van der Waals surface area contributed by atoms with Gasteiger partial charge in [0, 0.05) is 24.9 Å². The summed E-state index contributed by atoms with van der Waals surface area (Å²) in [5.41, 5.74) is 1.92. The number of carbonyl (C=O) groups is 1.